The molecule has 3 rings (SSSR count). The minimum Gasteiger partial charge on any atom is -0.338 e. The molecule has 134 valence electrons. The highest BCUT2D eigenvalue weighted by Gasteiger charge is 2.25. The van der Waals surface area contributed by atoms with Crippen molar-refractivity contribution in [3.63, 3.8) is 0 Å². The minimum atomic E-state index is 0.0709. The first-order valence-corrected chi connectivity index (χ1v) is 9.02. The molecule has 0 radical (unpaired) electrons. The highest BCUT2D eigenvalue weighted by molar-refractivity contribution is 5.76. The molecule has 0 aliphatic carbocycles. The van der Waals surface area contributed by atoms with Crippen LogP contribution in [-0.2, 0) is 11.3 Å². The Morgan fingerprint density at radius 1 is 1.28 bits per heavy atom. The number of aryl methyl sites for hydroxylation is 1. The molecule has 2 heterocycles. The summed E-state index contributed by atoms with van der Waals surface area (Å²) in [6.07, 6.45) is 2.96. The van der Waals surface area contributed by atoms with E-state index in [0.29, 0.717) is 11.9 Å². The van der Waals surface area contributed by atoms with E-state index >= 15 is 0 Å². The summed E-state index contributed by atoms with van der Waals surface area (Å²) in [5.41, 5.74) is 2.09. The zero-order chi connectivity index (χ0) is 17.6. The largest absolute Gasteiger partial charge is 0.338 e. The van der Waals surface area contributed by atoms with Gasteiger partial charge in [0.2, 0.25) is 11.7 Å². The third-order valence-corrected chi connectivity index (χ3v) is 4.57. The van der Waals surface area contributed by atoms with Crippen LogP contribution in [-0.4, -0.2) is 56.7 Å². The molecule has 1 aliphatic heterocycles. The molecule has 2 aromatic rings. The topological polar surface area (TPSA) is 75.9 Å². The number of amides is 1. The van der Waals surface area contributed by atoms with Crippen molar-refractivity contribution in [3.8, 4) is 11.4 Å². The second-order valence-corrected chi connectivity index (χ2v) is 6.58. The van der Waals surface area contributed by atoms with Crippen molar-refractivity contribution in [2.45, 2.75) is 45.7 Å². The molecule has 1 aliphatic rings. The fourth-order valence-corrected chi connectivity index (χ4v) is 3.21. The van der Waals surface area contributed by atoms with Gasteiger partial charge in [-0.15, -0.1) is 10.2 Å². The van der Waals surface area contributed by atoms with E-state index in [4.69, 9.17) is 0 Å². The summed E-state index contributed by atoms with van der Waals surface area (Å²) in [6, 6.07) is 8.28. The van der Waals surface area contributed by atoms with E-state index in [1.807, 2.05) is 36.1 Å². The lowest BCUT2D eigenvalue weighted by Crippen LogP contribution is -2.47. The molecule has 1 N–H and O–H groups in total. The van der Waals surface area contributed by atoms with Gasteiger partial charge in [-0.3, -0.25) is 4.79 Å². The zero-order valence-electron chi connectivity index (χ0n) is 15.0. The molecule has 0 saturated carbocycles. The average molecular weight is 342 g/mol. The van der Waals surface area contributed by atoms with Gasteiger partial charge >= 0.3 is 0 Å². The maximum atomic E-state index is 12.8. The zero-order valence-corrected chi connectivity index (χ0v) is 15.0. The monoisotopic (exact) mass is 342 g/mol. The first-order valence-electron chi connectivity index (χ1n) is 9.02. The lowest BCUT2D eigenvalue weighted by molar-refractivity contribution is -0.135. The van der Waals surface area contributed by atoms with Gasteiger partial charge in [-0.25, -0.2) is 0 Å². The van der Waals surface area contributed by atoms with Crippen LogP contribution in [0.1, 0.15) is 31.7 Å². The maximum absolute atomic E-state index is 12.8. The van der Waals surface area contributed by atoms with Gasteiger partial charge in [-0.1, -0.05) is 36.8 Å². The van der Waals surface area contributed by atoms with Crippen molar-refractivity contribution in [1.29, 1.82) is 0 Å². The number of benzene rings is 1. The summed E-state index contributed by atoms with van der Waals surface area (Å²) in [7, 11) is 0. The molecular weight excluding hydrogens is 316 g/mol. The Morgan fingerprint density at radius 2 is 2.00 bits per heavy atom. The van der Waals surface area contributed by atoms with Crippen LogP contribution in [0.5, 0.6) is 0 Å². The van der Waals surface area contributed by atoms with Gasteiger partial charge in [0.15, 0.2) is 0 Å². The molecule has 1 amide bonds. The number of nitrogens with one attached hydrogen (secondary N) is 1. The normalized spacial score (nSPS) is 15.3. The van der Waals surface area contributed by atoms with E-state index in [9.17, 15) is 4.79 Å². The molecular formula is C18H26N6O. The number of hydrogen-bond acceptors (Lipinski definition) is 5. The lowest BCUT2D eigenvalue weighted by atomic mass is 10.0. The molecule has 0 unspecified atom stereocenters. The third-order valence-electron chi connectivity index (χ3n) is 4.57. The van der Waals surface area contributed by atoms with Gasteiger partial charge < -0.3 is 10.2 Å². The maximum Gasteiger partial charge on any atom is 0.246 e. The van der Waals surface area contributed by atoms with Crippen molar-refractivity contribution in [2.75, 3.05) is 19.6 Å². The molecule has 1 fully saturated rings. The van der Waals surface area contributed by atoms with Gasteiger partial charge in [0.25, 0.3) is 0 Å². The molecule has 0 atom stereocenters. The summed E-state index contributed by atoms with van der Waals surface area (Å²) in [5.74, 6) is 0.623. The van der Waals surface area contributed by atoms with Crippen LogP contribution in [0.3, 0.4) is 0 Å². The van der Waals surface area contributed by atoms with Crippen LogP contribution in [0.4, 0.5) is 0 Å². The van der Waals surface area contributed by atoms with Crippen LogP contribution in [0.25, 0.3) is 11.4 Å². The summed E-state index contributed by atoms with van der Waals surface area (Å²) >= 11 is 0. The number of hydrogen-bond donors (Lipinski definition) is 1. The average Bonchev–Trinajstić information content (AvgIpc) is 3.09. The highest BCUT2D eigenvalue weighted by Crippen LogP contribution is 2.15. The summed E-state index contributed by atoms with van der Waals surface area (Å²) in [6.45, 7) is 7.00. The van der Waals surface area contributed by atoms with Crippen molar-refractivity contribution in [1.82, 2.24) is 30.4 Å². The van der Waals surface area contributed by atoms with Gasteiger partial charge in [0, 0.05) is 18.2 Å². The van der Waals surface area contributed by atoms with Crippen LogP contribution < -0.4 is 5.32 Å². The van der Waals surface area contributed by atoms with E-state index in [-0.39, 0.29) is 12.5 Å². The van der Waals surface area contributed by atoms with Crippen molar-refractivity contribution in [2.24, 2.45) is 0 Å². The van der Waals surface area contributed by atoms with E-state index < -0.39 is 0 Å². The van der Waals surface area contributed by atoms with Gasteiger partial charge in [0.05, 0.1) is 0 Å². The fraction of sp³-hybridized carbons (Fsp3) is 0.556. The predicted molar refractivity (Wildman–Crippen MR) is 95.9 cm³/mol. The Morgan fingerprint density at radius 3 is 2.68 bits per heavy atom. The standard InChI is InChI=1S/C18H26N6O/c1-3-12-23(16-8-10-19-11-9-16)17(25)13-24-21-18(20-22-24)15-6-4-14(2)5-7-15/h4-7,16,19H,3,8-13H2,1-2H3. The highest BCUT2D eigenvalue weighted by atomic mass is 16.2. The first kappa shape index (κ1) is 17.5. The number of carbonyl (C=O) groups excluding carboxylic acids is 1. The van der Waals surface area contributed by atoms with Crippen LogP contribution in [0, 0.1) is 6.92 Å². The van der Waals surface area contributed by atoms with Gasteiger partial charge in [0.1, 0.15) is 6.54 Å². The summed E-state index contributed by atoms with van der Waals surface area (Å²) in [5, 5.41) is 15.9. The van der Waals surface area contributed by atoms with E-state index in [1.165, 1.54) is 10.4 Å². The van der Waals surface area contributed by atoms with Crippen molar-refractivity contribution < 1.29 is 4.79 Å². The van der Waals surface area contributed by atoms with Crippen LogP contribution >= 0.6 is 0 Å². The number of carbonyl (C=O) groups is 1. The Labute approximate surface area is 148 Å². The van der Waals surface area contributed by atoms with Crippen molar-refractivity contribution in [3.05, 3.63) is 29.8 Å². The quantitative estimate of drug-likeness (QED) is 0.864. The minimum absolute atomic E-state index is 0.0709. The van der Waals surface area contributed by atoms with Crippen molar-refractivity contribution >= 4 is 5.91 Å². The molecule has 1 aromatic heterocycles. The molecule has 7 nitrogen and oxygen atoms in total. The van der Waals surface area contributed by atoms with Crippen LogP contribution in [0.15, 0.2) is 24.3 Å². The molecule has 0 spiro atoms. The molecule has 1 saturated heterocycles. The molecule has 0 bridgehead atoms. The predicted octanol–water partition coefficient (Wildman–Crippen LogP) is 1.64. The Bertz CT molecular complexity index is 690. The summed E-state index contributed by atoms with van der Waals surface area (Å²) < 4.78 is 0. The molecule has 7 heteroatoms. The fourth-order valence-electron chi connectivity index (χ4n) is 3.21. The van der Waals surface area contributed by atoms with E-state index in [2.05, 4.69) is 27.7 Å². The number of piperidine rings is 1. The Balaban J connectivity index is 1.67. The molecule has 25 heavy (non-hydrogen) atoms. The number of aromatic nitrogens is 4. The third kappa shape index (κ3) is 4.42. The summed E-state index contributed by atoms with van der Waals surface area (Å²) in [4.78, 5) is 16.2. The second kappa shape index (κ2) is 8.20. The number of tetrazole rings is 1. The van der Waals surface area contributed by atoms with E-state index in [0.717, 1.165) is 44.5 Å². The SMILES string of the molecule is CCCN(C(=O)Cn1nnc(-c2ccc(C)cc2)n1)C1CCNCC1. The number of nitrogens with zero attached hydrogens (tertiary/aromatic N) is 5. The lowest BCUT2D eigenvalue weighted by Gasteiger charge is -2.34. The smallest absolute Gasteiger partial charge is 0.246 e. The van der Waals surface area contributed by atoms with Crippen LogP contribution in [0.2, 0.25) is 0 Å². The van der Waals surface area contributed by atoms with E-state index in [1.54, 1.807) is 0 Å². The molecule has 1 aromatic carbocycles. The Hall–Kier alpha value is -2.28. The van der Waals surface area contributed by atoms with Gasteiger partial charge in [-0.2, -0.15) is 4.80 Å². The first-order chi connectivity index (χ1) is 12.2. The Kier molecular flexibility index (Phi) is 5.75. The van der Waals surface area contributed by atoms with Gasteiger partial charge in [-0.05, 0) is 44.5 Å². The number of rotatable bonds is 6. The second-order valence-electron chi connectivity index (χ2n) is 6.58.